The summed E-state index contributed by atoms with van der Waals surface area (Å²) in [6.45, 7) is 0.300. The highest BCUT2D eigenvalue weighted by Crippen LogP contribution is 2.56. The fraction of sp³-hybridized carbons (Fsp3) is 1.00. The first-order chi connectivity index (χ1) is 7.83. The molecule has 2 saturated carbocycles. The Labute approximate surface area is 99.4 Å². The zero-order valence-electron chi connectivity index (χ0n) is 9.89. The molecule has 0 heterocycles. The second kappa shape index (κ2) is 4.12. The van der Waals surface area contributed by atoms with Gasteiger partial charge in [-0.25, -0.2) is 0 Å². The van der Waals surface area contributed by atoms with Gasteiger partial charge in [0.15, 0.2) is 0 Å². The zero-order chi connectivity index (χ0) is 12.7. The van der Waals surface area contributed by atoms with Crippen molar-refractivity contribution >= 4 is 0 Å². The molecular weight excluding hydrogens is 231 g/mol. The molecule has 3 N–H and O–H groups in total. The van der Waals surface area contributed by atoms with Crippen molar-refractivity contribution in [2.75, 3.05) is 6.54 Å². The van der Waals surface area contributed by atoms with Gasteiger partial charge in [0.1, 0.15) is 0 Å². The average molecular weight is 251 g/mol. The molecule has 0 saturated heterocycles. The molecule has 0 radical (unpaired) electrons. The molecule has 0 aromatic carbocycles. The molecule has 0 bridgehead atoms. The normalized spacial score (nSPS) is 37.6. The van der Waals surface area contributed by atoms with Gasteiger partial charge in [-0.1, -0.05) is 6.42 Å². The molecule has 0 spiro atoms. The standard InChI is InChI=1S/C12H20F3NO/c13-12(14,15)9-3-1-6-11(17,7-9)10(8-16)4-2-5-10/h9,17H,1-8,16H2. The fourth-order valence-electron chi connectivity index (χ4n) is 3.48. The van der Waals surface area contributed by atoms with Gasteiger partial charge in [0.2, 0.25) is 0 Å². The predicted molar refractivity (Wildman–Crippen MR) is 58.3 cm³/mol. The number of rotatable bonds is 2. The van der Waals surface area contributed by atoms with Gasteiger partial charge >= 0.3 is 6.18 Å². The van der Waals surface area contributed by atoms with Crippen LogP contribution in [-0.2, 0) is 0 Å². The molecule has 0 aromatic heterocycles. The Morgan fingerprint density at radius 3 is 2.24 bits per heavy atom. The summed E-state index contributed by atoms with van der Waals surface area (Å²) >= 11 is 0. The number of halogens is 3. The van der Waals surface area contributed by atoms with Crippen molar-refractivity contribution < 1.29 is 18.3 Å². The van der Waals surface area contributed by atoms with Gasteiger partial charge in [-0.05, 0) is 38.5 Å². The Hall–Kier alpha value is -0.290. The lowest BCUT2D eigenvalue weighted by Crippen LogP contribution is -2.59. The molecule has 2 nitrogen and oxygen atoms in total. The lowest BCUT2D eigenvalue weighted by atomic mass is 9.53. The fourth-order valence-corrected chi connectivity index (χ4v) is 3.48. The van der Waals surface area contributed by atoms with E-state index >= 15 is 0 Å². The maximum Gasteiger partial charge on any atom is 0.391 e. The highest BCUT2D eigenvalue weighted by atomic mass is 19.4. The Morgan fingerprint density at radius 2 is 1.82 bits per heavy atom. The molecule has 5 heteroatoms. The van der Waals surface area contributed by atoms with Crippen LogP contribution in [0.3, 0.4) is 0 Å². The van der Waals surface area contributed by atoms with Crippen LogP contribution in [0.25, 0.3) is 0 Å². The second-order valence-corrected chi connectivity index (χ2v) is 5.70. The quantitative estimate of drug-likeness (QED) is 0.792. The van der Waals surface area contributed by atoms with Crippen molar-refractivity contribution in [3.8, 4) is 0 Å². The van der Waals surface area contributed by atoms with Crippen LogP contribution in [0.5, 0.6) is 0 Å². The molecular formula is C12H20F3NO. The van der Waals surface area contributed by atoms with E-state index in [-0.39, 0.29) is 12.8 Å². The monoisotopic (exact) mass is 251 g/mol. The van der Waals surface area contributed by atoms with Crippen molar-refractivity contribution in [1.82, 2.24) is 0 Å². The topological polar surface area (TPSA) is 46.2 Å². The molecule has 2 rings (SSSR count). The van der Waals surface area contributed by atoms with Gasteiger partial charge in [-0.15, -0.1) is 0 Å². The molecule has 0 aromatic rings. The maximum absolute atomic E-state index is 12.8. The molecule has 17 heavy (non-hydrogen) atoms. The van der Waals surface area contributed by atoms with Crippen LogP contribution in [-0.4, -0.2) is 23.4 Å². The van der Waals surface area contributed by atoms with Gasteiger partial charge < -0.3 is 10.8 Å². The van der Waals surface area contributed by atoms with Crippen molar-refractivity contribution in [3.63, 3.8) is 0 Å². The predicted octanol–water partition coefficient (Wildman–Crippen LogP) is 2.60. The van der Waals surface area contributed by atoms with E-state index in [1.807, 2.05) is 0 Å². The van der Waals surface area contributed by atoms with Crippen LogP contribution in [0.2, 0.25) is 0 Å². The Balaban J connectivity index is 2.15. The van der Waals surface area contributed by atoms with Crippen molar-refractivity contribution in [2.45, 2.75) is 56.7 Å². The largest absolute Gasteiger partial charge is 0.391 e. The number of hydrogen-bond donors (Lipinski definition) is 2. The molecule has 2 aliphatic rings. The van der Waals surface area contributed by atoms with Crippen molar-refractivity contribution in [3.05, 3.63) is 0 Å². The first-order valence-electron chi connectivity index (χ1n) is 6.32. The van der Waals surface area contributed by atoms with Gasteiger partial charge in [-0.3, -0.25) is 0 Å². The van der Waals surface area contributed by atoms with Gasteiger partial charge in [-0.2, -0.15) is 13.2 Å². The molecule has 100 valence electrons. The Bertz CT molecular complexity index is 282. The zero-order valence-corrected chi connectivity index (χ0v) is 9.89. The number of aliphatic hydroxyl groups is 1. The molecule has 2 atom stereocenters. The molecule has 2 aliphatic carbocycles. The molecule has 0 aliphatic heterocycles. The molecule has 2 fully saturated rings. The first-order valence-corrected chi connectivity index (χ1v) is 6.32. The third-order valence-corrected chi connectivity index (χ3v) is 4.88. The van der Waals surface area contributed by atoms with Crippen LogP contribution in [0.4, 0.5) is 13.2 Å². The van der Waals surface area contributed by atoms with Crippen LogP contribution in [0.15, 0.2) is 0 Å². The van der Waals surface area contributed by atoms with Crippen LogP contribution in [0.1, 0.15) is 44.9 Å². The first kappa shape index (κ1) is 13.1. The third-order valence-electron chi connectivity index (χ3n) is 4.88. The van der Waals surface area contributed by atoms with E-state index in [2.05, 4.69) is 0 Å². The summed E-state index contributed by atoms with van der Waals surface area (Å²) in [5, 5.41) is 10.6. The summed E-state index contributed by atoms with van der Waals surface area (Å²) in [5.74, 6) is -1.36. The number of nitrogens with two attached hydrogens (primary N) is 1. The van der Waals surface area contributed by atoms with E-state index in [0.717, 1.165) is 19.3 Å². The molecule has 0 amide bonds. The summed E-state index contributed by atoms with van der Waals surface area (Å²) in [4.78, 5) is 0. The highest BCUT2D eigenvalue weighted by Gasteiger charge is 2.57. The van der Waals surface area contributed by atoms with E-state index in [1.54, 1.807) is 0 Å². The summed E-state index contributed by atoms with van der Waals surface area (Å²) < 4.78 is 38.3. The SMILES string of the molecule is NCC1(C2(O)CCCC(C(F)(F)F)C2)CCC1. The number of hydrogen-bond acceptors (Lipinski definition) is 2. The minimum Gasteiger partial charge on any atom is -0.389 e. The minimum atomic E-state index is -4.19. The van der Waals surface area contributed by atoms with Gasteiger partial charge in [0.25, 0.3) is 0 Å². The van der Waals surface area contributed by atoms with E-state index in [9.17, 15) is 18.3 Å². The summed E-state index contributed by atoms with van der Waals surface area (Å²) in [7, 11) is 0. The summed E-state index contributed by atoms with van der Waals surface area (Å²) in [6, 6.07) is 0. The molecule has 2 unspecified atom stereocenters. The van der Waals surface area contributed by atoms with Crippen LogP contribution < -0.4 is 5.73 Å². The third kappa shape index (κ3) is 2.08. The van der Waals surface area contributed by atoms with Gasteiger partial charge in [0, 0.05) is 12.0 Å². The summed E-state index contributed by atoms with van der Waals surface area (Å²) in [6.07, 6.45) is -0.779. The number of alkyl halides is 3. The van der Waals surface area contributed by atoms with E-state index in [0.29, 0.717) is 19.4 Å². The van der Waals surface area contributed by atoms with Crippen molar-refractivity contribution in [1.29, 1.82) is 0 Å². The van der Waals surface area contributed by atoms with E-state index in [1.165, 1.54) is 0 Å². The average Bonchev–Trinajstić information content (AvgIpc) is 2.15. The lowest BCUT2D eigenvalue weighted by molar-refractivity contribution is -0.225. The highest BCUT2D eigenvalue weighted by molar-refractivity contribution is 5.07. The smallest absolute Gasteiger partial charge is 0.389 e. The minimum absolute atomic E-state index is 0.145. The van der Waals surface area contributed by atoms with Crippen LogP contribution >= 0.6 is 0 Å². The van der Waals surface area contributed by atoms with E-state index in [4.69, 9.17) is 5.73 Å². The maximum atomic E-state index is 12.8. The Morgan fingerprint density at radius 1 is 1.18 bits per heavy atom. The second-order valence-electron chi connectivity index (χ2n) is 5.70. The van der Waals surface area contributed by atoms with Gasteiger partial charge in [0.05, 0.1) is 11.5 Å². The summed E-state index contributed by atoms with van der Waals surface area (Å²) in [5.41, 5.74) is 4.05. The van der Waals surface area contributed by atoms with Crippen LogP contribution in [0, 0.1) is 11.3 Å². The van der Waals surface area contributed by atoms with E-state index < -0.39 is 23.1 Å². The Kier molecular flexibility index (Phi) is 3.19. The van der Waals surface area contributed by atoms with Crippen molar-refractivity contribution in [2.24, 2.45) is 17.1 Å². The lowest BCUT2D eigenvalue weighted by Gasteiger charge is -2.55.